The molecule has 8 nitrogen and oxygen atoms in total. The van der Waals surface area contributed by atoms with Crippen molar-refractivity contribution in [2.45, 2.75) is 20.0 Å². The van der Waals surface area contributed by atoms with Gasteiger partial charge in [0.15, 0.2) is 17.6 Å². The number of piperazine rings is 1. The molecule has 2 heterocycles. The minimum absolute atomic E-state index is 0.0477. The van der Waals surface area contributed by atoms with Crippen molar-refractivity contribution in [2.24, 2.45) is 0 Å². The monoisotopic (exact) mass is 376 g/mol. The maximum atomic E-state index is 12.4. The highest BCUT2D eigenvalue weighted by Gasteiger charge is 2.27. The van der Waals surface area contributed by atoms with Gasteiger partial charge in [0.05, 0.1) is 6.54 Å². The third-order valence-corrected chi connectivity index (χ3v) is 4.92. The van der Waals surface area contributed by atoms with Crippen molar-refractivity contribution >= 4 is 12.1 Å². The van der Waals surface area contributed by atoms with E-state index in [9.17, 15) is 9.59 Å². The van der Waals surface area contributed by atoms with Crippen LogP contribution < -0.4 is 14.8 Å². The number of hydrogen-bond donors (Lipinski definition) is 1. The first-order chi connectivity index (χ1) is 13.1. The highest BCUT2D eigenvalue weighted by Crippen LogP contribution is 2.30. The number of para-hydroxylation sites is 2. The second kappa shape index (κ2) is 8.83. The third kappa shape index (κ3) is 4.56. The van der Waals surface area contributed by atoms with Crippen LogP contribution in [0.2, 0.25) is 0 Å². The Morgan fingerprint density at radius 1 is 1.07 bits per heavy atom. The van der Waals surface area contributed by atoms with Crippen molar-refractivity contribution < 1.29 is 19.1 Å². The standard InChI is InChI=1S/C19H28N4O4/c1-3-21(4-2)19(25)23-11-9-22(10-12-23)18(24)20-13-15-14-26-16-7-5-6-8-17(16)27-15/h5-8,15H,3-4,9-14H2,1-2H3,(H,20,24)/t15-/m1/s1. The van der Waals surface area contributed by atoms with Gasteiger partial charge in [0.25, 0.3) is 0 Å². The number of amides is 4. The zero-order valence-corrected chi connectivity index (χ0v) is 16.0. The summed E-state index contributed by atoms with van der Waals surface area (Å²) in [6, 6.07) is 7.43. The van der Waals surface area contributed by atoms with Gasteiger partial charge in [0.2, 0.25) is 0 Å². The molecule has 1 saturated heterocycles. The number of carbonyl (C=O) groups is 2. The number of ether oxygens (including phenoxy) is 2. The van der Waals surface area contributed by atoms with Crippen LogP contribution in [0.25, 0.3) is 0 Å². The molecule has 0 unspecified atom stereocenters. The Labute approximate surface area is 160 Å². The normalized spacial score (nSPS) is 18.8. The van der Waals surface area contributed by atoms with Gasteiger partial charge in [0.1, 0.15) is 6.61 Å². The molecule has 1 fully saturated rings. The molecule has 0 radical (unpaired) electrons. The van der Waals surface area contributed by atoms with Crippen molar-refractivity contribution in [1.29, 1.82) is 0 Å². The van der Waals surface area contributed by atoms with E-state index in [-0.39, 0.29) is 18.2 Å². The summed E-state index contributed by atoms with van der Waals surface area (Å²) in [5.74, 6) is 1.43. The summed E-state index contributed by atoms with van der Waals surface area (Å²) in [7, 11) is 0. The Balaban J connectivity index is 1.42. The quantitative estimate of drug-likeness (QED) is 0.867. The van der Waals surface area contributed by atoms with Crippen LogP contribution in [-0.4, -0.2) is 85.3 Å². The lowest BCUT2D eigenvalue weighted by Gasteiger charge is -2.37. The first kappa shape index (κ1) is 19.1. The highest BCUT2D eigenvalue weighted by molar-refractivity contribution is 5.76. The van der Waals surface area contributed by atoms with Gasteiger partial charge in [-0.2, -0.15) is 0 Å². The van der Waals surface area contributed by atoms with Gasteiger partial charge in [-0.1, -0.05) is 12.1 Å². The van der Waals surface area contributed by atoms with Crippen LogP contribution >= 0.6 is 0 Å². The molecule has 0 saturated carbocycles. The lowest BCUT2D eigenvalue weighted by atomic mass is 10.2. The number of nitrogens with zero attached hydrogens (tertiary/aromatic N) is 3. The predicted molar refractivity (Wildman–Crippen MR) is 101 cm³/mol. The molecule has 0 spiro atoms. The molecule has 1 atom stereocenters. The molecule has 148 valence electrons. The van der Waals surface area contributed by atoms with E-state index in [0.717, 1.165) is 5.75 Å². The lowest BCUT2D eigenvalue weighted by Crippen LogP contribution is -2.56. The maximum absolute atomic E-state index is 12.4. The van der Waals surface area contributed by atoms with E-state index in [1.165, 1.54) is 0 Å². The van der Waals surface area contributed by atoms with Crippen molar-refractivity contribution in [3.05, 3.63) is 24.3 Å². The second-order valence-electron chi connectivity index (χ2n) is 6.61. The summed E-state index contributed by atoms with van der Waals surface area (Å²) in [5, 5.41) is 2.91. The molecule has 27 heavy (non-hydrogen) atoms. The second-order valence-corrected chi connectivity index (χ2v) is 6.61. The van der Waals surface area contributed by atoms with Crippen LogP contribution in [0.1, 0.15) is 13.8 Å². The van der Waals surface area contributed by atoms with Crippen LogP contribution in [0.15, 0.2) is 24.3 Å². The number of nitrogens with one attached hydrogen (secondary N) is 1. The largest absolute Gasteiger partial charge is 0.486 e. The third-order valence-electron chi connectivity index (χ3n) is 4.92. The Morgan fingerprint density at radius 2 is 1.70 bits per heavy atom. The van der Waals surface area contributed by atoms with E-state index in [1.54, 1.807) is 9.80 Å². The molecule has 1 aromatic carbocycles. The Kier molecular flexibility index (Phi) is 6.26. The summed E-state index contributed by atoms with van der Waals surface area (Å²) < 4.78 is 11.5. The molecular weight excluding hydrogens is 348 g/mol. The van der Waals surface area contributed by atoms with Crippen LogP contribution in [0, 0.1) is 0 Å². The van der Waals surface area contributed by atoms with Crippen LogP contribution in [-0.2, 0) is 0 Å². The minimum atomic E-state index is -0.214. The number of benzene rings is 1. The molecule has 3 rings (SSSR count). The first-order valence-corrected chi connectivity index (χ1v) is 9.57. The molecule has 2 aliphatic heterocycles. The first-order valence-electron chi connectivity index (χ1n) is 9.57. The van der Waals surface area contributed by atoms with Gasteiger partial charge in [-0.05, 0) is 26.0 Å². The molecule has 0 aliphatic carbocycles. The van der Waals surface area contributed by atoms with E-state index < -0.39 is 0 Å². The fourth-order valence-corrected chi connectivity index (χ4v) is 3.27. The summed E-state index contributed by atoms with van der Waals surface area (Å²) in [6.07, 6.45) is -0.214. The van der Waals surface area contributed by atoms with E-state index in [4.69, 9.17) is 9.47 Å². The van der Waals surface area contributed by atoms with Gasteiger partial charge < -0.3 is 29.5 Å². The van der Waals surface area contributed by atoms with Gasteiger partial charge in [-0.15, -0.1) is 0 Å². The van der Waals surface area contributed by atoms with Crippen LogP contribution in [0.3, 0.4) is 0 Å². The zero-order chi connectivity index (χ0) is 19.2. The van der Waals surface area contributed by atoms with E-state index in [0.29, 0.717) is 58.2 Å². The van der Waals surface area contributed by atoms with E-state index >= 15 is 0 Å². The number of carbonyl (C=O) groups excluding carboxylic acids is 2. The average molecular weight is 376 g/mol. The summed E-state index contributed by atoms with van der Waals surface area (Å²) in [4.78, 5) is 30.1. The Hall–Kier alpha value is -2.64. The van der Waals surface area contributed by atoms with Gasteiger partial charge in [-0.25, -0.2) is 9.59 Å². The fraction of sp³-hybridized carbons (Fsp3) is 0.579. The van der Waals surface area contributed by atoms with Crippen molar-refractivity contribution in [3.63, 3.8) is 0 Å². The smallest absolute Gasteiger partial charge is 0.320 e. The summed E-state index contributed by atoms with van der Waals surface area (Å²) in [5.41, 5.74) is 0. The Morgan fingerprint density at radius 3 is 2.37 bits per heavy atom. The van der Waals surface area contributed by atoms with Crippen molar-refractivity contribution in [3.8, 4) is 11.5 Å². The molecular formula is C19H28N4O4. The molecule has 8 heteroatoms. The van der Waals surface area contributed by atoms with Crippen LogP contribution in [0.5, 0.6) is 11.5 Å². The van der Waals surface area contributed by atoms with Crippen molar-refractivity contribution in [2.75, 3.05) is 52.4 Å². The van der Waals surface area contributed by atoms with E-state index in [2.05, 4.69) is 5.32 Å². The molecule has 2 aliphatic rings. The minimum Gasteiger partial charge on any atom is -0.486 e. The molecule has 0 aromatic heterocycles. The molecule has 1 aromatic rings. The molecule has 1 N–H and O–H groups in total. The number of hydrogen-bond acceptors (Lipinski definition) is 4. The fourth-order valence-electron chi connectivity index (χ4n) is 3.27. The van der Waals surface area contributed by atoms with E-state index in [1.807, 2.05) is 43.0 Å². The number of fused-ring (bicyclic) bond motifs is 1. The lowest BCUT2D eigenvalue weighted by molar-refractivity contribution is 0.0878. The average Bonchev–Trinajstić information content (AvgIpc) is 2.72. The topological polar surface area (TPSA) is 74.4 Å². The highest BCUT2D eigenvalue weighted by atomic mass is 16.6. The summed E-state index contributed by atoms with van der Waals surface area (Å²) in [6.45, 7) is 8.30. The number of rotatable bonds is 4. The molecule has 0 bridgehead atoms. The van der Waals surface area contributed by atoms with Gasteiger partial charge in [0, 0.05) is 39.3 Å². The zero-order valence-electron chi connectivity index (χ0n) is 16.0. The summed E-state index contributed by atoms with van der Waals surface area (Å²) >= 11 is 0. The molecule has 4 amide bonds. The SMILES string of the molecule is CCN(CC)C(=O)N1CCN(C(=O)NC[C@@H]2COc3ccccc3O2)CC1. The number of urea groups is 2. The Bertz CT molecular complexity index is 657. The van der Waals surface area contributed by atoms with Crippen LogP contribution in [0.4, 0.5) is 9.59 Å². The van der Waals surface area contributed by atoms with Gasteiger partial charge >= 0.3 is 12.1 Å². The van der Waals surface area contributed by atoms with Crippen molar-refractivity contribution in [1.82, 2.24) is 20.0 Å². The maximum Gasteiger partial charge on any atom is 0.320 e. The predicted octanol–water partition coefficient (Wildman–Crippen LogP) is 1.62. The van der Waals surface area contributed by atoms with Gasteiger partial charge in [-0.3, -0.25) is 0 Å².